The summed E-state index contributed by atoms with van der Waals surface area (Å²) in [5, 5.41) is 18.4. The fourth-order valence-corrected chi connectivity index (χ4v) is 4.52. The maximum absolute atomic E-state index is 12.1. The highest BCUT2D eigenvalue weighted by molar-refractivity contribution is 7.89. The predicted molar refractivity (Wildman–Crippen MR) is 106 cm³/mol. The maximum atomic E-state index is 12.1. The Labute approximate surface area is 165 Å². The molecule has 0 aliphatic heterocycles. The number of rotatable bonds is 9. The van der Waals surface area contributed by atoms with Crippen LogP contribution < -0.4 is 9.44 Å². The van der Waals surface area contributed by atoms with Crippen LogP contribution in [0.2, 0.25) is 0 Å². The topological polar surface area (TPSA) is 133 Å². The van der Waals surface area contributed by atoms with Gasteiger partial charge in [0.25, 0.3) is 0 Å². The van der Waals surface area contributed by atoms with E-state index in [0.717, 1.165) is 11.1 Å². The number of sulfonamides is 2. The van der Waals surface area contributed by atoms with E-state index >= 15 is 0 Å². The molecule has 2 aromatic rings. The molecule has 0 heterocycles. The van der Waals surface area contributed by atoms with E-state index < -0.39 is 32.3 Å². The first-order chi connectivity index (χ1) is 13.0. The van der Waals surface area contributed by atoms with E-state index in [1.165, 1.54) is 38.1 Å². The monoisotopic (exact) mass is 428 g/mol. The third-order valence-electron chi connectivity index (χ3n) is 3.80. The van der Waals surface area contributed by atoms with Crippen LogP contribution in [0.1, 0.15) is 13.8 Å². The van der Waals surface area contributed by atoms with Crippen LogP contribution in [0.4, 0.5) is 0 Å². The summed E-state index contributed by atoms with van der Waals surface area (Å²) < 4.78 is 53.2. The minimum atomic E-state index is -3.71. The number of nitrogens with one attached hydrogen (secondary N) is 2. The standard InChI is InChI=1S/C18H24N2O6S2/c1-13(21)11-19-27(23,24)17-7-3-15(4-8-17)16-5-9-18(10-6-16)28(25,26)20-12-14(2)22/h3-10,13-14,19-22H,11-12H2,1-2H3/t13-,14+. The lowest BCUT2D eigenvalue weighted by atomic mass is 10.1. The summed E-state index contributed by atoms with van der Waals surface area (Å²) in [6, 6.07) is 12.2. The Kier molecular flexibility index (Phi) is 7.32. The first kappa shape index (κ1) is 22.5. The number of hydrogen-bond donors (Lipinski definition) is 4. The highest BCUT2D eigenvalue weighted by atomic mass is 32.2. The zero-order valence-electron chi connectivity index (χ0n) is 15.5. The van der Waals surface area contributed by atoms with Gasteiger partial charge < -0.3 is 10.2 Å². The average molecular weight is 429 g/mol. The van der Waals surface area contributed by atoms with Gasteiger partial charge in [0.2, 0.25) is 20.0 Å². The van der Waals surface area contributed by atoms with Gasteiger partial charge in [0.05, 0.1) is 22.0 Å². The van der Waals surface area contributed by atoms with Crippen LogP contribution in [0.5, 0.6) is 0 Å². The number of aliphatic hydroxyl groups excluding tert-OH is 2. The molecule has 2 aromatic carbocycles. The predicted octanol–water partition coefficient (Wildman–Crippen LogP) is 0.672. The quantitative estimate of drug-likeness (QED) is 0.464. The summed E-state index contributed by atoms with van der Waals surface area (Å²) in [6.45, 7) is 2.80. The summed E-state index contributed by atoms with van der Waals surface area (Å²) in [4.78, 5) is 0.136. The van der Waals surface area contributed by atoms with Crippen LogP contribution in [-0.2, 0) is 20.0 Å². The first-order valence-electron chi connectivity index (χ1n) is 8.57. The van der Waals surface area contributed by atoms with Crippen LogP contribution in [0.25, 0.3) is 11.1 Å². The Hall–Kier alpha value is -1.82. The van der Waals surface area contributed by atoms with Gasteiger partial charge in [0.1, 0.15) is 0 Å². The Balaban J connectivity index is 2.16. The Morgan fingerprint density at radius 3 is 1.21 bits per heavy atom. The summed E-state index contributed by atoms with van der Waals surface area (Å²) in [5.41, 5.74) is 1.44. The molecule has 2 atom stereocenters. The van der Waals surface area contributed by atoms with Gasteiger partial charge >= 0.3 is 0 Å². The molecule has 154 valence electrons. The molecule has 0 saturated heterocycles. The van der Waals surface area contributed by atoms with Crippen molar-refractivity contribution in [1.82, 2.24) is 9.44 Å². The molecule has 8 nitrogen and oxygen atoms in total. The number of hydrogen-bond acceptors (Lipinski definition) is 6. The van der Waals surface area contributed by atoms with Crippen molar-refractivity contribution in [2.24, 2.45) is 0 Å². The summed E-state index contributed by atoms with van der Waals surface area (Å²) >= 11 is 0. The van der Waals surface area contributed by atoms with Crippen LogP contribution in [-0.4, -0.2) is 52.3 Å². The van der Waals surface area contributed by atoms with E-state index in [1.807, 2.05) is 0 Å². The van der Waals surface area contributed by atoms with Crippen LogP contribution in [0, 0.1) is 0 Å². The third kappa shape index (κ3) is 6.09. The smallest absolute Gasteiger partial charge is 0.240 e. The highest BCUT2D eigenvalue weighted by Gasteiger charge is 2.16. The Morgan fingerprint density at radius 2 is 0.964 bits per heavy atom. The van der Waals surface area contributed by atoms with Crippen LogP contribution in [0.15, 0.2) is 58.3 Å². The Bertz CT molecular complexity index is 900. The lowest BCUT2D eigenvalue weighted by molar-refractivity contribution is 0.198. The van der Waals surface area contributed by atoms with Crippen LogP contribution >= 0.6 is 0 Å². The molecule has 0 fully saturated rings. The number of benzene rings is 2. The van der Waals surface area contributed by atoms with E-state index in [1.54, 1.807) is 24.3 Å². The van der Waals surface area contributed by atoms with E-state index in [2.05, 4.69) is 9.44 Å². The zero-order valence-corrected chi connectivity index (χ0v) is 17.2. The van der Waals surface area contributed by atoms with Gasteiger partial charge in [-0.15, -0.1) is 0 Å². The van der Waals surface area contributed by atoms with Crippen molar-refractivity contribution in [2.75, 3.05) is 13.1 Å². The molecule has 0 aliphatic rings. The van der Waals surface area contributed by atoms with Gasteiger partial charge in [-0.3, -0.25) is 0 Å². The molecule has 0 unspecified atom stereocenters. The molecule has 0 radical (unpaired) electrons. The second-order valence-corrected chi connectivity index (χ2v) is 9.98. The normalized spacial score (nSPS) is 14.6. The zero-order chi connectivity index (χ0) is 20.9. The molecular formula is C18H24N2O6S2. The van der Waals surface area contributed by atoms with E-state index in [9.17, 15) is 27.0 Å². The molecule has 28 heavy (non-hydrogen) atoms. The molecule has 4 N–H and O–H groups in total. The summed E-state index contributed by atoms with van der Waals surface area (Å²) in [5.74, 6) is 0. The van der Waals surface area contributed by atoms with E-state index in [-0.39, 0.29) is 22.9 Å². The van der Waals surface area contributed by atoms with Gasteiger partial charge in [-0.05, 0) is 49.2 Å². The van der Waals surface area contributed by atoms with Gasteiger partial charge in [-0.1, -0.05) is 24.3 Å². The van der Waals surface area contributed by atoms with Crippen molar-refractivity contribution < 1.29 is 27.0 Å². The van der Waals surface area contributed by atoms with Gasteiger partial charge in [0, 0.05) is 13.1 Å². The molecule has 0 spiro atoms. The van der Waals surface area contributed by atoms with Gasteiger partial charge in [-0.2, -0.15) is 0 Å². The van der Waals surface area contributed by atoms with Gasteiger partial charge in [0.15, 0.2) is 0 Å². The van der Waals surface area contributed by atoms with Crippen molar-refractivity contribution in [2.45, 2.75) is 35.8 Å². The molecule has 0 saturated carbocycles. The fourth-order valence-electron chi connectivity index (χ4n) is 2.28. The summed E-state index contributed by atoms with van der Waals surface area (Å²) in [7, 11) is -7.42. The molecule has 0 amide bonds. The maximum Gasteiger partial charge on any atom is 0.240 e. The average Bonchev–Trinajstić information content (AvgIpc) is 2.65. The van der Waals surface area contributed by atoms with Gasteiger partial charge in [-0.25, -0.2) is 26.3 Å². The van der Waals surface area contributed by atoms with Crippen molar-refractivity contribution in [3.8, 4) is 11.1 Å². The Morgan fingerprint density at radius 1 is 0.679 bits per heavy atom. The first-order valence-corrected chi connectivity index (χ1v) is 11.5. The van der Waals surface area contributed by atoms with Crippen molar-refractivity contribution in [3.63, 3.8) is 0 Å². The number of aliphatic hydroxyl groups is 2. The minimum absolute atomic E-state index is 0.0680. The second-order valence-electron chi connectivity index (χ2n) is 6.45. The lowest BCUT2D eigenvalue weighted by Gasteiger charge is -2.10. The molecule has 2 rings (SSSR count). The van der Waals surface area contributed by atoms with Crippen LogP contribution in [0.3, 0.4) is 0 Å². The third-order valence-corrected chi connectivity index (χ3v) is 6.68. The second kappa shape index (κ2) is 9.12. The van der Waals surface area contributed by atoms with Crippen molar-refractivity contribution in [1.29, 1.82) is 0 Å². The minimum Gasteiger partial charge on any atom is -0.392 e. The molecule has 0 aromatic heterocycles. The fraction of sp³-hybridized carbons (Fsp3) is 0.333. The largest absolute Gasteiger partial charge is 0.392 e. The van der Waals surface area contributed by atoms with E-state index in [0.29, 0.717) is 0 Å². The van der Waals surface area contributed by atoms with Crippen molar-refractivity contribution >= 4 is 20.0 Å². The SMILES string of the molecule is C[C@H](O)CNS(=O)(=O)c1ccc(-c2ccc(S(=O)(=O)NC[C@@H](C)O)cc2)cc1. The van der Waals surface area contributed by atoms with E-state index in [4.69, 9.17) is 0 Å². The highest BCUT2D eigenvalue weighted by Crippen LogP contribution is 2.23. The molecule has 0 bridgehead atoms. The molecular weight excluding hydrogens is 404 g/mol. The van der Waals surface area contributed by atoms with Crippen molar-refractivity contribution in [3.05, 3.63) is 48.5 Å². The molecule has 0 aliphatic carbocycles. The summed E-state index contributed by atoms with van der Waals surface area (Å²) in [6.07, 6.45) is -1.59. The molecule has 10 heteroatoms. The lowest BCUT2D eigenvalue weighted by Crippen LogP contribution is -2.30.